The molecule has 0 spiro atoms. The van der Waals surface area contributed by atoms with Gasteiger partial charge in [0.15, 0.2) is 5.17 Å². The van der Waals surface area contributed by atoms with Crippen LogP contribution in [0.3, 0.4) is 0 Å². The van der Waals surface area contributed by atoms with Gasteiger partial charge in [0.25, 0.3) is 0 Å². The molecule has 0 radical (unpaired) electrons. The highest BCUT2D eigenvalue weighted by Crippen LogP contribution is 2.22. The van der Waals surface area contributed by atoms with E-state index >= 15 is 0 Å². The monoisotopic (exact) mass is 365 g/mol. The molecule has 0 aliphatic carbocycles. The standard InChI is InChI=1S/C16H16FN3O4S/c1-2-5-24-9-11-6-12(17)4-3-10(11)8-18-20-16-19-15(23)13(25-16)7-14(21)22/h2-4,6,8,13H,1,5,7,9H2,(H,21,22)(H,19,20,23). The smallest absolute Gasteiger partial charge is 0.305 e. The molecule has 1 saturated heterocycles. The molecule has 25 heavy (non-hydrogen) atoms. The van der Waals surface area contributed by atoms with Crippen molar-refractivity contribution >= 4 is 35.0 Å². The van der Waals surface area contributed by atoms with Gasteiger partial charge in [-0.2, -0.15) is 5.10 Å². The summed E-state index contributed by atoms with van der Waals surface area (Å²) in [6.07, 6.45) is 2.71. The predicted octanol–water partition coefficient (Wildman–Crippen LogP) is 1.92. The number of carboxylic acid groups (broad SMARTS) is 1. The van der Waals surface area contributed by atoms with E-state index in [2.05, 4.69) is 22.1 Å². The number of carboxylic acids is 1. The summed E-state index contributed by atoms with van der Waals surface area (Å²) in [6.45, 7) is 4.06. The van der Waals surface area contributed by atoms with Gasteiger partial charge in [-0.3, -0.25) is 9.59 Å². The first-order valence-electron chi connectivity index (χ1n) is 7.27. The van der Waals surface area contributed by atoms with Crippen LogP contribution < -0.4 is 5.32 Å². The van der Waals surface area contributed by atoms with E-state index < -0.39 is 22.9 Å². The molecule has 0 saturated carbocycles. The lowest BCUT2D eigenvalue weighted by Crippen LogP contribution is -2.26. The highest BCUT2D eigenvalue weighted by Gasteiger charge is 2.32. The molecule has 9 heteroatoms. The highest BCUT2D eigenvalue weighted by atomic mass is 32.2. The average Bonchev–Trinajstić information content (AvgIpc) is 2.89. The summed E-state index contributed by atoms with van der Waals surface area (Å²) in [5.41, 5.74) is 1.21. The Kier molecular flexibility index (Phi) is 6.84. The van der Waals surface area contributed by atoms with E-state index in [0.29, 0.717) is 17.7 Å². The molecule has 2 rings (SSSR count). The third-order valence-corrected chi connectivity index (χ3v) is 4.15. The first-order chi connectivity index (χ1) is 12.0. The molecule has 132 valence electrons. The molecule has 1 heterocycles. The van der Waals surface area contributed by atoms with Crippen molar-refractivity contribution in [2.45, 2.75) is 18.3 Å². The van der Waals surface area contributed by atoms with E-state index in [1.54, 1.807) is 12.1 Å². The number of hydrogen-bond acceptors (Lipinski definition) is 6. The Labute approximate surface area is 147 Å². The molecule has 1 aliphatic heterocycles. The Morgan fingerprint density at radius 2 is 2.32 bits per heavy atom. The topological polar surface area (TPSA) is 100 Å². The second-order valence-electron chi connectivity index (χ2n) is 4.99. The van der Waals surface area contributed by atoms with Crippen LogP contribution in [0.15, 0.2) is 41.1 Å². The van der Waals surface area contributed by atoms with Gasteiger partial charge >= 0.3 is 5.97 Å². The summed E-state index contributed by atoms with van der Waals surface area (Å²) in [5.74, 6) is -1.87. The Morgan fingerprint density at radius 1 is 1.52 bits per heavy atom. The molecule has 2 N–H and O–H groups in total. The van der Waals surface area contributed by atoms with Gasteiger partial charge in [0.1, 0.15) is 11.1 Å². The van der Waals surface area contributed by atoms with Gasteiger partial charge in [0.2, 0.25) is 5.91 Å². The number of thioether (sulfide) groups is 1. The maximum Gasteiger partial charge on any atom is 0.305 e. The molecule has 1 fully saturated rings. The number of hydrogen-bond donors (Lipinski definition) is 2. The van der Waals surface area contributed by atoms with Crippen LogP contribution in [-0.2, 0) is 20.9 Å². The van der Waals surface area contributed by atoms with Gasteiger partial charge in [-0.15, -0.1) is 11.7 Å². The molecule has 1 atom stereocenters. The highest BCUT2D eigenvalue weighted by molar-refractivity contribution is 8.15. The zero-order valence-corrected chi connectivity index (χ0v) is 14.0. The van der Waals surface area contributed by atoms with Crippen molar-refractivity contribution in [3.8, 4) is 0 Å². The number of amides is 1. The Morgan fingerprint density at radius 3 is 3.04 bits per heavy atom. The minimum atomic E-state index is -1.06. The third kappa shape index (κ3) is 5.80. The summed E-state index contributed by atoms with van der Waals surface area (Å²) in [4.78, 5) is 22.3. The Bertz CT molecular complexity index is 736. The largest absolute Gasteiger partial charge is 0.481 e. The summed E-state index contributed by atoms with van der Waals surface area (Å²) >= 11 is 1.00. The SMILES string of the molecule is C=CCOCc1cc(F)ccc1C=NN=C1NC(=O)C(CC(=O)O)S1. The lowest BCUT2D eigenvalue weighted by atomic mass is 10.1. The molecule has 1 amide bonds. The van der Waals surface area contributed by atoms with Gasteiger partial charge < -0.3 is 15.2 Å². The van der Waals surface area contributed by atoms with Crippen LogP contribution in [0.25, 0.3) is 0 Å². The van der Waals surface area contributed by atoms with Crippen LogP contribution in [-0.4, -0.2) is 40.2 Å². The number of nitrogens with zero attached hydrogens (tertiary/aromatic N) is 2. The zero-order chi connectivity index (χ0) is 18.2. The van der Waals surface area contributed by atoms with Crippen molar-refractivity contribution in [1.29, 1.82) is 0 Å². The van der Waals surface area contributed by atoms with Gasteiger partial charge in [0.05, 0.1) is 25.8 Å². The second kappa shape index (κ2) is 9.09. The molecule has 1 unspecified atom stereocenters. The molecule has 1 aromatic rings. The van der Waals surface area contributed by atoms with Gasteiger partial charge in [-0.05, 0) is 17.7 Å². The van der Waals surface area contributed by atoms with Gasteiger partial charge in [-0.25, -0.2) is 4.39 Å². The van der Waals surface area contributed by atoms with E-state index in [9.17, 15) is 14.0 Å². The second-order valence-corrected chi connectivity index (χ2v) is 6.18. The van der Waals surface area contributed by atoms with Gasteiger partial charge in [0, 0.05) is 5.56 Å². The Balaban J connectivity index is 2.05. The first-order valence-corrected chi connectivity index (χ1v) is 8.15. The zero-order valence-electron chi connectivity index (χ0n) is 13.1. The third-order valence-electron chi connectivity index (χ3n) is 3.08. The number of nitrogens with one attached hydrogen (secondary N) is 1. The van der Waals surface area contributed by atoms with E-state index in [1.165, 1.54) is 18.3 Å². The maximum absolute atomic E-state index is 13.4. The predicted molar refractivity (Wildman–Crippen MR) is 93.1 cm³/mol. The van der Waals surface area contributed by atoms with Crippen molar-refractivity contribution < 1.29 is 23.8 Å². The molecule has 7 nitrogen and oxygen atoms in total. The number of rotatable bonds is 8. The maximum atomic E-state index is 13.4. The van der Waals surface area contributed by atoms with Crippen LogP contribution >= 0.6 is 11.8 Å². The molecular weight excluding hydrogens is 349 g/mol. The quantitative estimate of drug-likeness (QED) is 0.317. The number of carbonyl (C=O) groups is 2. The van der Waals surface area contributed by atoms with E-state index in [-0.39, 0.29) is 18.2 Å². The lowest BCUT2D eigenvalue weighted by Gasteiger charge is -2.05. The average molecular weight is 365 g/mol. The van der Waals surface area contributed by atoms with Crippen LogP contribution in [0.5, 0.6) is 0 Å². The van der Waals surface area contributed by atoms with Crippen LogP contribution in [0.1, 0.15) is 17.5 Å². The first kappa shape index (κ1) is 18.8. The minimum absolute atomic E-state index is 0.188. The summed E-state index contributed by atoms with van der Waals surface area (Å²) in [5, 5.41) is 18.4. The fraction of sp³-hybridized carbons (Fsp3) is 0.250. The molecule has 0 bridgehead atoms. The number of amidine groups is 1. The number of carbonyl (C=O) groups excluding carboxylic acids is 1. The van der Waals surface area contributed by atoms with E-state index in [0.717, 1.165) is 11.8 Å². The summed E-state index contributed by atoms with van der Waals surface area (Å²) < 4.78 is 18.7. The van der Waals surface area contributed by atoms with Crippen molar-refractivity contribution in [3.63, 3.8) is 0 Å². The number of ether oxygens (including phenoxy) is 1. The molecular formula is C16H16FN3O4S. The van der Waals surface area contributed by atoms with Crippen molar-refractivity contribution in [2.24, 2.45) is 10.2 Å². The van der Waals surface area contributed by atoms with Crippen molar-refractivity contribution in [3.05, 3.63) is 47.8 Å². The molecule has 1 aliphatic rings. The minimum Gasteiger partial charge on any atom is -0.481 e. The number of aliphatic carboxylic acids is 1. The summed E-state index contributed by atoms with van der Waals surface area (Å²) in [6, 6.07) is 4.17. The van der Waals surface area contributed by atoms with Crippen LogP contribution in [0.2, 0.25) is 0 Å². The van der Waals surface area contributed by atoms with Crippen LogP contribution in [0, 0.1) is 5.82 Å². The Hall–Kier alpha value is -2.52. The molecule has 1 aromatic carbocycles. The van der Waals surface area contributed by atoms with Crippen molar-refractivity contribution in [2.75, 3.05) is 6.61 Å². The fourth-order valence-electron chi connectivity index (χ4n) is 1.97. The van der Waals surface area contributed by atoms with E-state index in [1.807, 2.05) is 0 Å². The normalized spacial score (nSPS) is 18.7. The summed E-state index contributed by atoms with van der Waals surface area (Å²) in [7, 11) is 0. The van der Waals surface area contributed by atoms with Gasteiger partial charge in [-0.1, -0.05) is 23.9 Å². The van der Waals surface area contributed by atoms with E-state index in [4.69, 9.17) is 9.84 Å². The number of halogens is 1. The molecule has 0 aromatic heterocycles. The van der Waals surface area contributed by atoms with Crippen LogP contribution in [0.4, 0.5) is 4.39 Å². The lowest BCUT2D eigenvalue weighted by molar-refractivity contribution is -0.138. The fourth-order valence-corrected chi connectivity index (χ4v) is 2.88. The number of benzene rings is 1. The van der Waals surface area contributed by atoms with Crippen molar-refractivity contribution in [1.82, 2.24) is 5.32 Å².